The maximum Gasteiger partial charge on any atom is 0.278 e. The number of nitrogens with zero attached hydrogens (tertiary/aromatic N) is 2. The molecule has 0 aliphatic rings. The lowest BCUT2D eigenvalue weighted by Gasteiger charge is -2.12. The van der Waals surface area contributed by atoms with Gasteiger partial charge in [-0.15, -0.1) is 10.2 Å². The van der Waals surface area contributed by atoms with Gasteiger partial charge < -0.3 is 10.6 Å². The van der Waals surface area contributed by atoms with Gasteiger partial charge in [0.2, 0.25) is 11.8 Å². The van der Waals surface area contributed by atoms with E-state index in [0.29, 0.717) is 28.4 Å². The Hall–Kier alpha value is -3.17. The van der Waals surface area contributed by atoms with Crippen LogP contribution in [0.15, 0.2) is 58.5 Å². The fourth-order valence-electron chi connectivity index (χ4n) is 2.61. The number of H-pyrrole nitrogens is 1. The van der Waals surface area contributed by atoms with E-state index in [2.05, 4.69) is 25.8 Å². The summed E-state index contributed by atoms with van der Waals surface area (Å²) in [6.45, 7) is 3.42. The summed E-state index contributed by atoms with van der Waals surface area (Å²) >= 11 is 7.12. The minimum absolute atomic E-state index is 0.0736. The van der Waals surface area contributed by atoms with E-state index in [1.54, 1.807) is 62.4 Å². The van der Waals surface area contributed by atoms with Crippen molar-refractivity contribution in [1.29, 1.82) is 0 Å². The van der Waals surface area contributed by atoms with Gasteiger partial charge in [-0.3, -0.25) is 19.4 Å². The molecule has 2 aromatic carbocycles. The number of nitrogens with one attached hydrogen (secondary N) is 3. The normalized spacial score (nSPS) is 11.6. The number of rotatable bonds is 7. The summed E-state index contributed by atoms with van der Waals surface area (Å²) in [5.74, 6) is -0.472. The number of thioether (sulfide) groups is 1. The molecule has 3 N–H and O–H groups in total. The Morgan fingerprint density at radius 2 is 1.74 bits per heavy atom. The molecule has 0 fully saturated rings. The zero-order valence-corrected chi connectivity index (χ0v) is 18.4. The van der Waals surface area contributed by atoms with Gasteiger partial charge in [0.15, 0.2) is 10.9 Å². The number of aromatic nitrogens is 3. The first-order chi connectivity index (χ1) is 14.9. The highest BCUT2D eigenvalue weighted by Gasteiger charge is 2.19. The highest BCUT2D eigenvalue weighted by atomic mass is 35.5. The summed E-state index contributed by atoms with van der Waals surface area (Å²) in [5, 5.41) is 13.6. The number of halogens is 1. The van der Waals surface area contributed by atoms with Crippen LogP contribution >= 0.6 is 23.4 Å². The third kappa shape index (κ3) is 5.71. The van der Waals surface area contributed by atoms with Crippen LogP contribution in [0.4, 0.5) is 11.4 Å². The number of carbonyl (C=O) groups excluding carboxylic acids is 2. The van der Waals surface area contributed by atoms with Crippen molar-refractivity contribution in [3.05, 3.63) is 63.9 Å². The molecule has 8 nitrogen and oxygen atoms in total. The third-order valence-electron chi connectivity index (χ3n) is 4.24. The highest BCUT2D eigenvalue weighted by Crippen LogP contribution is 2.26. The summed E-state index contributed by atoms with van der Waals surface area (Å²) in [6, 6.07) is 13.8. The van der Waals surface area contributed by atoms with E-state index in [0.717, 1.165) is 11.8 Å². The molecule has 0 spiro atoms. The van der Waals surface area contributed by atoms with Gasteiger partial charge in [0.25, 0.3) is 5.56 Å². The minimum Gasteiger partial charge on any atom is -0.325 e. The Morgan fingerprint density at radius 3 is 2.42 bits per heavy atom. The molecule has 1 unspecified atom stereocenters. The lowest BCUT2D eigenvalue weighted by atomic mass is 10.1. The second kappa shape index (κ2) is 10.2. The first-order valence-electron chi connectivity index (χ1n) is 9.47. The molecular weight excluding hydrogens is 438 g/mol. The molecule has 2 amide bonds. The van der Waals surface area contributed by atoms with Crippen LogP contribution in [0.2, 0.25) is 5.02 Å². The fourth-order valence-corrected chi connectivity index (χ4v) is 3.53. The van der Waals surface area contributed by atoms with Crippen LogP contribution in [0.25, 0.3) is 11.3 Å². The van der Waals surface area contributed by atoms with E-state index in [1.807, 2.05) is 0 Å². The van der Waals surface area contributed by atoms with Crippen LogP contribution in [-0.2, 0) is 9.59 Å². The molecule has 3 aromatic rings. The average Bonchev–Trinajstić information content (AvgIpc) is 2.76. The standard InChI is InChI=1S/C21H20ClN5O3S/c1-3-17(28)23-15-10-6-4-8-13(15)18-20(30)25-21(27-26-18)31-12(2)19(29)24-16-11-7-5-9-14(16)22/h4-12H,3H2,1-2H3,(H,23,28)(H,24,29)(H,25,27,30). The molecule has 0 aliphatic heterocycles. The van der Waals surface area contributed by atoms with Crippen LogP contribution < -0.4 is 16.2 Å². The van der Waals surface area contributed by atoms with Gasteiger partial charge in [0.1, 0.15) is 0 Å². The van der Waals surface area contributed by atoms with Crippen LogP contribution in [0.3, 0.4) is 0 Å². The van der Waals surface area contributed by atoms with E-state index < -0.39 is 10.8 Å². The highest BCUT2D eigenvalue weighted by molar-refractivity contribution is 8.00. The first kappa shape index (κ1) is 22.5. The van der Waals surface area contributed by atoms with Crippen molar-refractivity contribution in [3.63, 3.8) is 0 Å². The molecule has 0 saturated heterocycles. The summed E-state index contributed by atoms with van der Waals surface area (Å²) < 4.78 is 0. The van der Waals surface area contributed by atoms with Crippen molar-refractivity contribution in [1.82, 2.24) is 15.2 Å². The Morgan fingerprint density at radius 1 is 1.06 bits per heavy atom. The molecule has 0 aliphatic carbocycles. The molecule has 1 atom stereocenters. The fraction of sp³-hybridized carbons (Fsp3) is 0.190. The van der Waals surface area contributed by atoms with Gasteiger partial charge in [0.05, 0.1) is 21.6 Å². The Labute approximate surface area is 187 Å². The molecular formula is C21H20ClN5O3S. The van der Waals surface area contributed by atoms with E-state index >= 15 is 0 Å². The Bertz CT molecular complexity index is 1170. The average molecular weight is 458 g/mol. The molecule has 160 valence electrons. The molecule has 31 heavy (non-hydrogen) atoms. The number of hydrogen-bond acceptors (Lipinski definition) is 6. The van der Waals surface area contributed by atoms with Gasteiger partial charge >= 0.3 is 0 Å². The van der Waals surface area contributed by atoms with Crippen molar-refractivity contribution in [2.75, 3.05) is 10.6 Å². The smallest absolute Gasteiger partial charge is 0.278 e. The largest absolute Gasteiger partial charge is 0.325 e. The van der Waals surface area contributed by atoms with Crippen molar-refractivity contribution in [3.8, 4) is 11.3 Å². The molecule has 1 aromatic heterocycles. The third-order valence-corrected chi connectivity index (χ3v) is 5.55. The van der Waals surface area contributed by atoms with Crippen LogP contribution in [0, 0.1) is 0 Å². The van der Waals surface area contributed by atoms with E-state index in [1.165, 1.54) is 0 Å². The number of anilines is 2. The number of benzene rings is 2. The molecule has 0 saturated carbocycles. The monoisotopic (exact) mass is 457 g/mol. The summed E-state index contributed by atoms with van der Waals surface area (Å²) in [4.78, 5) is 39.5. The molecule has 3 rings (SSSR count). The summed E-state index contributed by atoms with van der Waals surface area (Å²) in [5.41, 5.74) is 1.03. The number of amides is 2. The number of aromatic amines is 1. The lowest BCUT2D eigenvalue weighted by molar-refractivity contribution is -0.116. The predicted molar refractivity (Wildman–Crippen MR) is 122 cm³/mol. The van der Waals surface area contributed by atoms with Crippen molar-refractivity contribution >= 4 is 46.6 Å². The number of carbonyl (C=O) groups is 2. The lowest BCUT2D eigenvalue weighted by Crippen LogP contribution is -2.24. The number of para-hydroxylation sites is 2. The summed E-state index contributed by atoms with van der Waals surface area (Å²) in [7, 11) is 0. The van der Waals surface area contributed by atoms with Crippen LogP contribution in [-0.4, -0.2) is 32.2 Å². The van der Waals surface area contributed by atoms with Crippen molar-refractivity contribution in [2.24, 2.45) is 0 Å². The predicted octanol–water partition coefficient (Wildman–Crippen LogP) is 3.95. The zero-order valence-electron chi connectivity index (χ0n) is 16.8. The van der Waals surface area contributed by atoms with Gasteiger partial charge in [-0.05, 0) is 25.1 Å². The van der Waals surface area contributed by atoms with E-state index in [-0.39, 0.29) is 22.7 Å². The van der Waals surface area contributed by atoms with Gasteiger partial charge in [-0.2, -0.15) is 0 Å². The second-order valence-electron chi connectivity index (χ2n) is 6.48. The first-order valence-corrected chi connectivity index (χ1v) is 10.7. The number of hydrogen-bond donors (Lipinski definition) is 3. The van der Waals surface area contributed by atoms with Crippen LogP contribution in [0.1, 0.15) is 20.3 Å². The quantitative estimate of drug-likeness (QED) is 0.462. The van der Waals surface area contributed by atoms with Crippen LogP contribution in [0.5, 0.6) is 0 Å². The zero-order chi connectivity index (χ0) is 22.4. The maximum absolute atomic E-state index is 12.6. The Kier molecular flexibility index (Phi) is 7.43. The molecule has 0 radical (unpaired) electrons. The maximum atomic E-state index is 12.6. The molecule has 1 heterocycles. The van der Waals surface area contributed by atoms with Gasteiger partial charge in [-0.25, -0.2) is 0 Å². The molecule has 10 heteroatoms. The van der Waals surface area contributed by atoms with E-state index in [9.17, 15) is 14.4 Å². The second-order valence-corrected chi connectivity index (χ2v) is 8.22. The minimum atomic E-state index is -0.566. The Balaban J connectivity index is 1.76. The van der Waals surface area contributed by atoms with Crippen molar-refractivity contribution in [2.45, 2.75) is 30.7 Å². The van der Waals surface area contributed by atoms with Crippen molar-refractivity contribution < 1.29 is 9.59 Å². The van der Waals surface area contributed by atoms with E-state index in [4.69, 9.17) is 11.6 Å². The summed E-state index contributed by atoms with van der Waals surface area (Å²) in [6.07, 6.45) is 0.306. The SMILES string of the molecule is CCC(=O)Nc1ccccc1-c1nnc(SC(C)C(=O)Nc2ccccc2Cl)[nH]c1=O. The topological polar surface area (TPSA) is 117 Å². The molecule has 0 bridgehead atoms. The van der Waals surface area contributed by atoms with Gasteiger partial charge in [0, 0.05) is 12.0 Å². The van der Waals surface area contributed by atoms with Gasteiger partial charge in [-0.1, -0.05) is 60.6 Å².